The van der Waals surface area contributed by atoms with Crippen LogP contribution in [0.3, 0.4) is 0 Å². The molecule has 0 aliphatic heterocycles. The summed E-state index contributed by atoms with van der Waals surface area (Å²) in [6.45, 7) is 0.232. The summed E-state index contributed by atoms with van der Waals surface area (Å²) in [5.41, 5.74) is 0. The Morgan fingerprint density at radius 1 is 1.50 bits per heavy atom. The fraction of sp³-hybridized carbons (Fsp3) is 0.600. The highest BCUT2D eigenvalue weighted by atomic mass is 16.4. The summed E-state index contributed by atoms with van der Waals surface area (Å²) in [6, 6.07) is -0.679. The van der Waals surface area contributed by atoms with E-state index in [1.165, 1.54) is 6.33 Å². The number of amides is 2. The van der Waals surface area contributed by atoms with Crippen LogP contribution in [0.1, 0.15) is 25.1 Å². The Hall–Kier alpha value is -2.12. The zero-order chi connectivity index (χ0) is 13.0. The van der Waals surface area contributed by atoms with Gasteiger partial charge >= 0.3 is 12.0 Å². The van der Waals surface area contributed by atoms with Crippen molar-refractivity contribution >= 4 is 12.0 Å². The predicted octanol–water partition coefficient (Wildman–Crippen LogP) is -0.143. The molecule has 0 bridgehead atoms. The van der Waals surface area contributed by atoms with Gasteiger partial charge in [0.05, 0.1) is 12.5 Å². The normalized spacial score (nSPS) is 22.7. The van der Waals surface area contributed by atoms with Gasteiger partial charge in [-0.05, 0) is 12.8 Å². The topological polar surface area (TPSA) is 120 Å². The molecule has 0 saturated heterocycles. The quantitative estimate of drug-likeness (QED) is 0.595. The number of hydrogen-bond acceptors (Lipinski definition) is 4. The number of rotatable bonds is 4. The zero-order valence-electron chi connectivity index (χ0n) is 9.72. The van der Waals surface area contributed by atoms with E-state index in [0.717, 1.165) is 6.42 Å². The molecule has 8 heteroatoms. The summed E-state index contributed by atoms with van der Waals surface area (Å²) in [5, 5.41) is 20.5. The van der Waals surface area contributed by atoms with Crippen molar-refractivity contribution in [2.45, 2.75) is 31.8 Å². The SMILES string of the molecule is O=C(NCc1ncn[nH]1)NC1CCCC1C(=O)O. The molecule has 0 radical (unpaired) electrons. The number of carbonyl (C=O) groups is 2. The van der Waals surface area contributed by atoms with Crippen molar-refractivity contribution in [2.75, 3.05) is 0 Å². The standard InChI is InChI=1S/C10H15N5O3/c16-9(17)6-2-1-3-7(6)14-10(18)11-4-8-12-5-13-15-8/h5-7H,1-4H2,(H,16,17)(H2,11,14,18)(H,12,13,15). The molecule has 18 heavy (non-hydrogen) atoms. The molecule has 1 aliphatic rings. The lowest BCUT2D eigenvalue weighted by atomic mass is 10.0. The van der Waals surface area contributed by atoms with Crippen molar-refractivity contribution in [1.82, 2.24) is 25.8 Å². The molecule has 98 valence electrons. The Balaban J connectivity index is 1.78. The van der Waals surface area contributed by atoms with Gasteiger partial charge < -0.3 is 15.7 Å². The van der Waals surface area contributed by atoms with Crippen LogP contribution in [0.5, 0.6) is 0 Å². The summed E-state index contributed by atoms with van der Waals surface area (Å²) in [4.78, 5) is 26.4. The van der Waals surface area contributed by atoms with E-state index in [9.17, 15) is 9.59 Å². The van der Waals surface area contributed by atoms with Gasteiger partial charge in [0.2, 0.25) is 0 Å². The Kier molecular flexibility index (Phi) is 3.75. The molecule has 8 nitrogen and oxygen atoms in total. The van der Waals surface area contributed by atoms with E-state index in [4.69, 9.17) is 5.11 Å². The monoisotopic (exact) mass is 253 g/mol. The van der Waals surface area contributed by atoms with Gasteiger partial charge in [-0.15, -0.1) is 0 Å². The lowest BCUT2D eigenvalue weighted by molar-refractivity contribution is -0.142. The van der Waals surface area contributed by atoms with Crippen LogP contribution in [-0.2, 0) is 11.3 Å². The molecule has 2 unspecified atom stereocenters. The molecule has 1 aromatic heterocycles. The van der Waals surface area contributed by atoms with Crippen molar-refractivity contribution in [3.8, 4) is 0 Å². The second-order valence-electron chi connectivity index (χ2n) is 4.24. The maximum Gasteiger partial charge on any atom is 0.315 e. The third-order valence-electron chi connectivity index (χ3n) is 3.03. The highest BCUT2D eigenvalue weighted by Crippen LogP contribution is 2.25. The van der Waals surface area contributed by atoms with Crippen molar-refractivity contribution in [3.05, 3.63) is 12.2 Å². The zero-order valence-corrected chi connectivity index (χ0v) is 9.72. The van der Waals surface area contributed by atoms with E-state index in [1.807, 2.05) is 0 Å². The number of urea groups is 1. The Labute approximate surface area is 103 Å². The average molecular weight is 253 g/mol. The first-order valence-electron chi connectivity index (χ1n) is 5.78. The van der Waals surface area contributed by atoms with Gasteiger partial charge in [0.15, 0.2) is 0 Å². The molecule has 2 amide bonds. The summed E-state index contributed by atoms with van der Waals surface area (Å²) in [7, 11) is 0. The van der Waals surface area contributed by atoms with Crippen molar-refractivity contribution in [1.29, 1.82) is 0 Å². The summed E-state index contributed by atoms with van der Waals surface area (Å²) >= 11 is 0. The highest BCUT2D eigenvalue weighted by molar-refractivity contribution is 5.76. The predicted molar refractivity (Wildman–Crippen MR) is 60.5 cm³/mol. The van der Waals surface area contributed by atoms with Crippen LogP contribution >= 0.6 is 0 Å². The Morgan fingerprint density at radius 2 is 2.33 bits per heavy atom. The number of aliphatic carboxylic acids is 1. The smallest absolute Gasteiger partial charge is 0.315 e. The molecule has 1 aromatic rings. The third kappa shape index (κ3) is 2.96. The second kappa shape index (κ2) is 5.48. The van der Waals surface area contributed by atoms with Gasteiger partial charge in [-0.3, -0.25) is 9.89 Å². The Morgan fingerprint density at radius 3 is 3.00 bits per heavy atom. The lowest BCUT2D eigenvalue weighted by Crippen LogP contribution is -2.45. The van der Waals surface area contributed by atoms with Crippen LogP contribution < -0.4 is 10.6 Å². The van der Waals surface area contributed by atoms with Crippen molar-refractivity contribution < 1.29 is 14.7 Å². The fourth-order valence-electron chi connectivity index (χ4n) is 2.13. The van der Waals surface area contributed by atoms with E-state index in [0.29, 0.717) is 18.7 Å². The maximum absolute atomic E-state index is 11.6. The largest absolute Gasteiger partial charge is 0.481 e. The first-order chi connectivity index (χ1) is 8.66. The molecule has 4 N–H and O–H groups in total. The first-order valence-corrected chi connectivity index (χ1v) is 5.78. The fourth-order valence-corrected chi connectivity index (χ4v) is 2.13. The molecule has 2 rings (SSSR count). The maximum atomic E-state index is 11.6. The summed E-state index contributed by atoms with van der Waals surface area (Å²) < 4.78 is 0. The molecular formula is C10H15N5O3. The Bertz CT molecular complexity index is 419. The van der Waals surface area contributed by atoms with Crippen LogP contribution in [0.25, 0.3) is 0 Å². The van der Waals surface area contributed by atoms with Gasteiger partial charge in [0, 0.05) is 6.04 Å². The number of carbonyl (C=O) groups excluding carboxylic acids is 1. The number of aromatic nitrogens is 3. The van der Waals surface area contributed by atoms with Crippen molar-refractivity contribution in [2.24, 2.45) is 5.92 Å². The van der Waals surface area contributed by atoms with Crippen molar-refractivity contribution in [3.63, 3.8) is 0 Å². The highest BCUT2D eigenvalue weighted by Gasteiger charge is 2.33. The van der Waals surface area contributed by atoms with Crippen LogP contribution in [-0.4, -0.2) is 38.3 Å². The number of nitrogens with one attached hydrogen (secondary N) is 3. The summed E-state index contributed by atoms with van der Waals surface area (Å²) in [5.74, 6) is -0.791. The van der Waals surface area contributed by atoms with E-state index < -0.39 is 11.9 Å². The first kappa shape index (κ1) is 12.3. The molecule has 1 saturated carbocycles. The van der Waals surface area contributed by atoms with E-state index in [1.54, 1.807) is 0 Å². The van der Waals surface area contributed by atoms with Gasteiger partial charge in [-0.25, -0.2) is 9.78 Å². The minimum atomic E-state index is -0.854. The molecule has 2 atom stereocenters. The summed E-state index contributed by atoms with van der Waals surface area (Å²) in [6.07, 6.45) is 3.49. The van der Waals surface area contributed by atoms with E-state index >= 15 is 0 Å². The number of aromatic amines is 1. The number of carboxylic acids is 1. The molecule has 1 aliphatic carbocycles. The lowest BCUT2D eigenvalue weighted by Gasteiger charge is -2.17. The average Bonchev–Trinajstić information content (AvgIpc) is 2.96. The molecule has 0 aromatic carbocycles. The van der Waals surface area contributed by atoms with Gasteiger partial charge in [0.25, 0.3) is 0 Å². The molecular weight excluding hydrogens is 238 g/mol. The van der Waals surface area contributed by atoms with Gasteiger partial charge in [-0.2, -0.15) is 5.10 Å². The van der Waals surface area contributed by atoms with Crippen LogP contribution in [0.15, 0.2) is 6.33 Å². The molecule has 0 spiro atoms. The minimum Gasteiger partial charge on any atom is -0.481 e. The number of carboxylic acid groups (broad SMARTS) is 1. The molecule has 1 heterocycles. The van der Waals surface area contributed by atoms with Crippen LogP contribution in [0, 0.1) is 5.92 Å². The number of nitrogens with zero attached hydrogens (tertiary/aromatic N) is 2. The van der Waals surface area contributed by atoms with Gasteiger partial charge in [0.1, 0.15) is 12.2 Å². The minimum absolute atomic E-state index is 0.232. The second-order valence-corrected chi connectivity index (χ2v) is 4.24. The number of H-pyrrole nitrogens is 1. The number of hydrogen-bond donors (Lipinski definition) is 4. The van der Waals surface area contributed by atoms with Crippen LogP contribution in [0.4, 0.5) is 4.79 Å². The van der Waals surface area contributed by atoms with Gasteiger partial charge in [-0.1, -0.05) is 6.42 Å². The third-order valence-corrected chi connectivity index (χ3v) is 3.03. The van der Waals surface area contributed by atoms with E-state index in [-0.39, 0.29) is 18.6 Å². The molecule has 1 fully saturated rings. The van der Waals surface area contributed by atoms with E-state index in [2.05, 4.69) is 25.8 Å². The van der Waals surface area contributed by atoms with Crippen LogP contribution in [0.2, 0.25) is 0 Å².